The summed E-state index contributed by atoms with van der Waals surface area (Å²) in [5.41, 5.74) is 0.911. The van der Waals surface area contributed by atoms with Crippen molar-refractivity contribution in [2.24, 2.45) is 0 Å². The monoisotopic (exact) mass is 376 g/mol. The van der Waals surface area contributed by atoms with Crippen LogP contribution in [0.2, 0.25) is 0 Å². The van der Waals surface area contributed by atoms with Crippen LogP contribution in [0.1, 0.15) is 0 Å². The van der Waals surface area contributed by atoms with Crippen LogP contribution in [0.5, 0.6) is 5.88 Å². The molecule has 6 nitrogen and oxygen atoms in total. The first-order valence-electron chi connectivity index (χ1n) is 7.62. The molecule has 0 unspecified atom stereocenters. The summed E-state index contributed by atoms with van der Waals surface area (Å²) in [5, 5.41) is 14.9. The molecule has 0 saturated heterocycles. The summed E-state index contributed by atoms with van der Waals surface area (Å²) in [4.78, 5) is 12.7. The Morgan fingerprint density at radius 1 is 1.12 bits per heavy atom. The smallest absolute Gasteiger partial charge is 0.319 e. The number of halogens is 2. The number of carbonyl (C=O) groups is 1. The Balaban J connectivity index is 1.40. The standard InChI is InChI=1S/C17H14F2N4O2S/c18-12-4-3-11(10-13(12)19)21-17(24)20-7-8-25-16-6-5-14(22-23-16)15-2-1-9-26-15/h1-6,9-10H,7-8H2,(H2,20,21,24). The maximum Gasteiger partial charge on any atom is 0.319 e. The van der Waals surface area contributed by atoms with E-state index in [2.05, 4.69) is 20.8 Å². The predicted octanol–water partition coefficient (Wildman–Crippen LogP) is 3.68. The van der Waals surface area contributed by atoms with Crippen molar-refractivity contribution in [1.29, 1.82) is 0 Å². The molecule has 0 fully saturated rings. The van der Waals surface area contributed by atoms with Crippen LogP contribution in [0, 0.1) is 11.6 Å². The van der Waals surface area contributed by atoms with Crippen LogP contribution in [-0.4, -0.2) is 29.4 Å². The molecule has 3 rings (SSSR count). The third-order valence-corrected chi connectivity index (χ3v) is 4.12. The minimum Gasteiger partial charge on any atom is -0.475 e. The van der Waals surface area contributed by atoms with Crippen LogP contribution in [0.4, 0.5) is 19.3 Å². The third kappa shape index (κ3) is 4.73. The highest BCUT2D eigenvalue weighted by Crippen LogP contribution is 2.22. The maximum absolute atomic E-state index is 13.1. The summed E-state index contributed by atoms with van der Waals surface area (Å²) < 4.78 is 31.3. The number of nitrogens with one attached hydrogen (secondary N) is 2. The number of hydrogen-bond donors (Lipinski definition) is 2. The normalized spacial score (nSPS) is 10.4. The van der Waals surface area contributed by atoms with Crippen molar-refractivity contribution in [2.45, 2.75) is 0 Å². The van der Waals surface area contributed by atoms with E-state index in [1.54, 1.807) is 23.5 Å². The van der Waals surface area contributed by atoms with Gasteiger partial charge in [0.1, 0.15) is 12.3 Å². The van der Waals surface area contributed by atoms with Crippen molar-refractivity contribution in [1.82, 2.24) is 15.5 Å². The van der Waals surface area contributed by atoms with E-state index in [0.717, 1.165) is 22.7 Å². The molecule has 0 aliphatic heterocycles. The first-order valence-corrected chi connectivity index (χ1v) is 8.50. The number of anilines is 1. The first-order chi connectivity index (χ1) is 12.6. The molecule has 0 aliphatic carbocycles. The van der Waals surface area contributed by atoms with Crippen LogP contribution in [-0.2, 0) is 0 Å². The van der Waals surface area contributed by atoms with Gasteiger partial charge in [0.05, 0.1) is 11.4 Å². The fraction of sp³-hybridized carbons (Fsp3) is 0.118. The van der Waals surface area contributed by atoms with Gasteiger partial charge in [-0.25, -0.2) is 13.6 Å². The van der Waals surface area contributed by atoms with Crippen molar-refractivity contribution in [3.8, 4) is 16.5 Å². The molecular weight excluding hydrogens is 362 g/mol. The molecule has 0 bridgehead atoms. The van der Waals surface area contributed by atoms with Gasteiger partial charge in [-0.05, 0) is 29.6 Å². The lowest BCUT2D eigenvalue weighted by molar-refractivity contribution is 0.246. The van der Waals surface area contributed by atoms with Crippen molar-refractivity contribution in [3.63, 3.8) is 0 Å². The summed E-state index contributed by atoms with van der Waals surface area (Å²) >= 11 is 1.57. The minimum atomic E-state index is -1.03. The Hall–Kier alpha value is -3.07. The number of rotatable bonds is 6. The zero-order chi connectivity index (χ0) is 18.4. The van der Waals surface area contributed by atoms with Gasteiger partial charge in [-0.3, -0.25) is 0 Å². The van der Waals surface area contributed by atoms with Gasteiger partial charge in [0, 0.05) is 17.8 Å². The van der Waals surface area contributed by atoms with Crippen molar-refractivity contribution >= 4 is 23.1 Å². The molecule has 0 aliphatic rings. The number of thiophene rings is 1. The Labute approximate surface area is 151 Å². The highest BCUT2D eigenvalue weighted by atomic mass is 32.1. The van der Waals surface area contributed by atoms with Gasteiger partial charge in [0.2, 0.25) is 5.88 Å². The number of carbonyl (C=O) groups excluding carboxylic acids is 1. The molecule has 2 aromatic heterocycles. The van der Waals surface area contributed by atoms with Gasteiger partial charge in [-0.15, -0.1) is 21.5 Å². The molecule has 0 spiro atoms. The summed E-state index contributed by atoms with van der Waals surface area (Å²) in [6.45, 7) is 0.377. The van der Waals surface area contributed by atoms with E-state index < -0.39 is 17.7 Å². The second kappa shape index (κ2) is 8.34. The highest BCUT2D eigenvalue weighted by molar-refractivity contribution is 7.13. The summed E-state index contributed by atoms with van der Waals surface area (Å²) in [6.07, 6.45) is 0. The molecule has 2 heterocycles. The molecule has 26 heavy (non-hydrogen) atoms. The number of benzene rings is 1. The molecule has 0 atom stereocenters. The van der Waals surface area contributed by atoms with Gasteiger partial charge in [0.25, 0.3) is 0 Å². The van der Waals surface area contributed by atoms with Crippen molar-refractivity contribution in [2.75, 3.05) is 18.5 Å². The van der Waals surface area contributed by atoms with E-state index >= 15 is 0 Å². The molecule has 1 aromatic carbocycles. The molecule has 2 amide bonds. The Morgan fingerprint density at radius 2 is 2.00 bits per heavy atom. The Morgan fingerprint density at radius 3 is 2.69 bits per heavy atom. The summed E-state index contributed by atoms with van der Waals surface area (Å²) in [5.74, 6) is -1.67. The molecular formula is C17H14F2N4O2S. The lowest BCUT2D eigenvalue weighted by atomic mass is 10.3. The van der Waals surface area contributed by atoms with Crippen molar-refractivity contribution in [3.05, 3.63) is 59.5 Å². The highest BCUT2D eigenvalue weighted by Gasteiger charge is 2.06. The van der Waals surface area contributed by atoms with E-state index in [1.807, 2.05) is 17.5 Å². The second-order valence-corrected chi connectivity index (χ2v) is 6.04. The lowest BCUT2D eigenvalue weighted by Crippen LogP contribution is -2.32. The van der Waals surface area contributed by atoms with E-state index in [4.69, 9.17) is 4.74 Å². The summed E-state index contributed by atoms with van der Waals surface area (Å²) in [7, 11) is 0. The molecule has 134 valence electrons. The lowest BCUT2D eigenvalue weighted by Gasteiger charge is -2.09. The van der Waals surface area contributed by atoms with E-state index in [0.29, 0.717) is 5.88 Å². The van der Waals surface area contributed by atoms with Gasteiger partial charge in [0.15, 0.2) is 11.6 Å². The fourth-order valence-corrected chi connectivity index (χ4v) is 2.71. The summed E-state index contributed by atoms with van der Waals surface area (Å²) in [6, 6.07) is 9.93. The van der Waals surface area contributed by atoms with E-state index in [-0.39, 0.29) is 18.8 Å². The van der Waals surface area contributed by atoms with Gasteiger partial charge in [-0.1, -0.05) is 6.07 Å². The SMILES string of the molecule is O=C(NCCOc1ccc(-c2cccs2)nn1)Nc1ccc(F)c(F)c1. The number of urea groups is 1. The zero-order valence-electron chi connectivity index (χ0n) is 13.4. The minimum absolute atomic E-state index is 0.150. The quantitative estimate of drug-likeness (QED) is 0.644. The molecule has 0 saturated carbocycles. The first kappa shape index (κ1) is 17.7. The van der Waals surface area contributed by atoms with Gasteiger partial charge >= 0.3 is 6.03 Å². The molecule has 9 heteroatoms. The predicted molar refractivity (Wildman–Crippen MR) is 94.2 cm³/mol. The van der Waals surface area contributed by atoms with Crippen LogP contribution in [0.15, 0.2) is 47.8 Å². The number of hydrogen-bond acceptors (Lipinski definition) is 5. The largest absolute Gasteiger partial charge is 0.475 e. The third-order valence-electron chi connectivity index (χ3n) is 3.23. The molecule has 2 N–H and O–H groups in total. The molecule has 3 aromatic rings. The van der Waals surface area contributed by atoms with E-state index in [9.17, 15) is 13.6 Å². The Kier molecular flexibility index (Phi) is 5.69. The van der Waals surface area contributed by atoms with Crippen molar-refractivity contribution < 1.29 is 18.3 Å². The van der Waals surface area contributed by atoms with E-state index in [1.165, 1.54) is 6.07 Å². The fourth-order valence-electron chi connectivity index (χ4n) is 2.02. The number of aromatic nitrogens is 2. The maximum atomic E-state index is 13.1. The van der Waals surface area contributed by atoms with Gasteiger partial charge in [-0.2, -0.15) is 0 Å². The topological polar surface area (TPSA) is 76.1 Å². The average molecular weight is 376 g/mol. The Bertz CT molecular complexity index is 873. The van der Waals surface area contributed by atoms with Crippen LogP contribution >= 0.6 is 11.3 Å². The average Bonchev–Trinajstić information content (AvgIpc) is 3.17. The molecule has 0 radical (unpaired) electrons. The number of ether oxygens (including phenoxy) is 1. The number of nitrogens with zero attached hydrogens (tertiary/aromatic N) is 2. The van der Waals surface area contributed by atoms with Crippen LogP contribution in [0.25, 0.3) is 10.6 Å². The van der Waals surface area contributed by atoms with Crippen LogP contribution < -0.4 is 15.4 Å². The second-order valence-electron chi connectivity index (χ2n) is 5.09. The van der Waals surface area contributed by atoms with Gasteiger partial charge < -0.3 is 15.4 Å². The zero-order valence-corrected chi connectivity index (χ0v) is 14.2. The van der Waals surface area contributed by atoms with Crippen LogP contribution in [0.3, 0.4) is 0 Å². The number of amides is 2.